The summed E-state index contributed by atoms with van der Waals surface area (Å²) in [7, 11) is 1.60. The van der Waals surface area contributed by atoms with Crippen LogP contribution in [-0.2, 0) is 4.79 Å². The van der Waals surface area contributed by atoms with Gasteiger partial charge in [0.25, 0.3) is 5.91 Å². The van der Waals surface area contributed by atoms with E-state index in [4.69, 9.17) is 4.74 Å². The highest BCUT2D eigenvalue weighted by Crippen LogP contribution is 2.32. The fraction of sp³-hybridized carbons (Fsp3) is 0.273. The highest BCUT2D eigenvalue weighted by atomic mass is 32.2. The number of ether oxygens (including phenoxy) is 1. The van der Waals surface area contributed by atoms with Crippen LogP contribution in [0.5, 0.6) is 5.75 Å². The van der Waals surface area contributed by atoms with Crippen LogP contribution >= 0.6 is 11.8 Å². The topological polar surface area (TPSA) is 53.9 Å². The third-order valence-electron chi connectivity index (χ3n) is 5.02. The Balaban J connectivity index is 1.55. The second kappa shape index (κ2) is 8.29. The number of amidine groups is 1. The van der Waals surface area contributed by atoms with Gasteiger partial charge in [0, 0.05) is 13.1 Å². The number of benzene rings is 2. The van der Waals surface area contributed by atoms with Crippen molar-refractivity contribution >= 4 is 40.3 Å². The first-order chi connectivity index (χ1) is 14.0. The average molecular weight is 412 g/mol. The molecule has 150 valence electrons. The molecule has 1 N–H and O–H groups in total. The molecule has 2 fully saturated rings. The molecule has 2 aromatic carbocycles. The van der Waals surface area contributed by atoms with Gasteiger partial charge in [0.05, 0.1) is 23.4 Å². The Morgan fingerprint density at radius 1 is 1.21 bits per heavy atom. The van der Waals surface area contributed by atoms with E-state index in [1.54, 1.807) is 13.2 Å². The van der Waals surface area contributed by atoms with Gasteiger partial charge in [-0.1, -0.05) is 0 Å². The monoisotopic (exact) mass is 411 g/mol. The van der Waals surface area contributed by atoms with Gasteiger partial charge >= 0.3 is 0 Å². The summed E-state index contributed by atoms with van der Waals surface area (Å²) in [6, 6.07) is 10.6. The van der Waals surface area contributed by atoms with Gasteiger partial charge in [0.1, 0.15) is 11.6 Å². The zero-order valence-corrected chi connectivity index (χ0v) is 17.2. The quantitative estimate of drug-likeness (QED) is 0.745. The molecule has 5 nitrogen and oxygen atoms in total. The van der Waals surface area contributed by atoms with E-state index in [1.807, 2.05) is 37.3 Å². The molecule has 0 bridgehead atoms. The fourth-order valence-electron chi connectivity index (χ4n) is 3.43. The number of halogens is 1. The third kappa shape index (κ3) is 4.29. The molecule has 2 heterocycles. The number of thioether (sulfide) groups is 1. The molecular weight excluding hydrogens is 389 g/mol. The minimum Gasteiger partial charge on any atom is -0.497 e. The van der Waals surface area contributed by atoms with Crippen LogP contribution < -0.4 is 15.0 Å². The number of anilines is 1. The van der Waals surface area contributed by atoms with Gasteiger partial charge in [0.15, 0.2) is 5.17 Å². The van der Waals surface area contributed by atoms with E-state index in [-0.39, 0.29) is 11.7 Å². The predicted octanol–water partition coefficient (Wildman–Crippen LogP) is 4.63. The van der Waals surface area contributed by atoms with Gasteiger partial charge in [-0.05, 0) is 85.1 Å². The van der Waals surface area contributed by atoms with E-state index in [1.165, 1.54) is 17.8 Å². The lowest BCUT2D eigenvalue weighted by Crippen LogP contribution is -2.19. The fourth-order valence-corrected chi connectivity index (χ4v) is 4.27. The van der Waals surface area contributed by atoms with Crippen molar-refractivity contribution in [2.75, 3.05) is 25.1 Å². The maximum Gasteiger partial charge on any atom is 0.264 e. The van der Waals surface area contributed by atoms with Crippen LogP contribution in [0.1, 0.15) is 24.0 Å². The molecule has 0 spiro atoms. The number of hydrogen-bond donors (Lipinski definition) is 1. The number of rotatable bonds is 4. The molecule has 2 aliphatic heterocycles. The van der Waals surface area contributed by atoms with Crippen LogP contribution in [0.15, 0.2) is 46.3 Å². The van der Waals surface area contributed by atoms with Crippen molar-refractivity contribution in [3.05, 3.63) is 58.2 Å². The summed E-state index contributed by atoms with van der Waals surface area (Å²) in [5.74, 6) is 0.262. The van der Waals surface area contributed by atoms with Crippen molar-refractivity contribution in [1.29, 1.82) is 0 Å². The van der Waals surface area contributed by atoms with Gasteiger partial charge in [-0.2, -0.15) is 0 Å². The average Bonchev–Trinajstić information content (AvgIpc) is 3.35. The number of hydrogen-bond acceptors (Lipinski definition) is 5. The Labute approximate surface area is 173 Å². The number of nitrogens with zero attached hydrogens (tertiary/aromatic N) is 2. The molecule has 7 heteroatoms. The second-order valence-electron chi connectivity index (χ2n) is 7.03. The van der Waals surface area contributed by atoms with Crippen LogP contribution in [0.2, 0.25) is 0 Å². The SMILES string of the molecule is COc1ccc(N=C2NC(=O)C(=Cc3cc(F)c(N4CCCC4)cc3C)S2)cc1. The summed E-state index contributed by atoms with van der Waals surface area (Å²) in [4.78, 5) is 19.4. The Bertz CT molecular complexity index is 996. The number of carbonyl (C=O) groups excluding carboxylic acids is 1. The minimum atomic E-state index is -0.250. The Morgan fingerprint density at radius 2 is 1.93 bits per heavy atom. The first-order valence-electron chi connectivity index (χ1n) is 9.52. The Morgan fingerprint density at radius 3 is 2.62 bits per heavy atom. The Kier molecular flexibility index (Phi) is 5.58. The van der Waals surface area contributed by atoms with Crippen molar-refractivity contribution in [2.24, 2.45) is 4.99 Å². The van der Waals surface area contributed by atoms with E-state index in [0.29, 0.717) is 27.0 Å². The summed E-state index contributed by atoms with van der Waals surface area (Å²) in [5, 5.41) is 3.26. The highest BCUT2D eigenvalue weighted by molar-refractivity contribution is 8.18. The standard InChI is InChI=1S/C22H22FN3O2S/c1-14-11-19(26-9-3-4-10-26)18(23)12-15(14)13-20-21(27)25-22(29-20)24-16-5-7-17(28-2)8-6-16/h5-8,11-13H,3-4,9-10H2,1-2H3,(H,24,25,27). The van der Waals surface area contributed by atoms with E-state index >= 15 is 0 Å². The lowest BCUT2D eigenvalue weighted by atomic mass is 10.1. The number of amides is 1. The largest absolute Gasteiger partial charge is 0.497 e. The molecule has 29 heavy (non-hydrogen) atoms. The summed E-state index contributed by atoms with van der Waals surface area (Å²) in [5.41, 5.74) is 3.00. The second-order valence-corrected chi connectivity index (χ2v) is 8.06. The van der Waals surface area contributed by atoms with Crippen molar-refractivity contribution in [3.8, 4) is 5.75 Å². The summed E-state index contributed by atoms with van der Waals surface area (Å²) in [6.45, 7) is 3.72. The van der Waals surface area contributed by atoms with E-state index in [9.17, 15) is 9.18 Å². The smallest absolute Gasteiger partial charge is 0.264 e. The molecule has 0 aliphatic carbocycles. The van der Waals surface area contributed by atoms with Gasteiger partial charge < -0.3 is 15.0 Å². The lowest BCUT2D eigenvalue weighted by Gasteiger charge is -2.19. The molecule has 0 radical (unpaired) electrons. The summed E-state index contributed by atoms with van der Waals surface area (Å²) in [6.07, 6.45) is 3.91. The molecule has 0 saturated carbocycles. The molecule has 0 aromatic heterocycles. The van der Waals surface area contributed by atoms with Gasteiger partial charge in [-0.25, -0.2) is 9.38 Å². The molecule has 2 aliphatic rings. The lowest BCUT2D eigenvalue weighted by molar-refractivity contribution is -0.115. The minimum absolute atomic E-state index is 0.231. The number of aryl methyl sites for hydroxylation is 1. The van der Waals surface area contributed by atoms with E-state index in [0.717, 1.165) is 37.2 Å². The van der Waals surface area contributed by atoms with E-state index < -0.39 is 0 Å². The highest BCUT2D eigenvalue weighted by Gasteiger charge is 2.24. The predicted molar refractivity (Wildman–Crippen MR) is 116 cm³/mol. The first-order valence-corrected chi connectivity index (χ1v) is 10.3. The number of carbonyl (C=O) groups is 1. The molecule has 0 atom stereocenters. The summed E-state index contributed by atoms with van der Waals surface area (Å²) >= 11 is 1.25. The molecule has 0 unspecified atom stereocenters. The van der Waals surface area contributed by atoms with Crippen LogP contribution in [-0.4, -0.2) is 31.3 Å². The maximum atomic E-state index is 14.7. The van der Waals surface area contributed by atoms with Crippen molar-refractivity contribution < 1.29 is 13.9 Å². The molecule has 1 amide bonds. The van der Waals surface area contributed by atoms with Gasteiger partial charge in [0.2, 0.25) is 0 Å². The van der Waals surface area contributed by atoms with E-state index in [2.05, 4.69) is 15.2 Å². The molecule has 2 aromatic rings. The Hall–Kier alpha value is -2.80. The van der Waals surface area contributed by atoms with Crippen molar-refractivity contribution in [3.63, 3.8) is 0 Å². The maximum absolute atomic E-state index is 14.7. The zero-order chi connectivity index (χ0) is 20.4. The zero-order valence-electron chi connectivity index (χ0n) is 16.4. The molecule has 4 rings (SSSR count). The molecule has 2 saturated heterocycles. The number of methoxy groups -OCH3 is 1. The number of nitrogens with one attached hydrogen (secondary N) is 1. The van der Waals surface area contributed by atoms with Crippen LogP contribution in [0, 0.1) is 12.7 Å². The summed E-state index contributed by atoms with van der Waals surface area (Å²) < 4.78 is 19.8. The van der Waals surface area contributed by atoms with Crippen LogP contribution in [0.3, 0.4) is 0 Å². The number of aliphatic imine (C=N–C) groups is 1. The van der Waals surface area contributed by atoms with Crippen LogP contribution in [0.25, 0.3) is 6.08 Å². The van der Waals surface area contributed by atoms with Crippen molar-refractivity contribution in [2.45, 2.75) is 19.8 Å². The van der Waals surface area contributed by atoms with Crippen molar-refractivity contribution in [1.82, 2.24) is 5.32 Å². The van der Waals surface area contributed by atoms with Gasteiger partial charge in [-0.15, -0.1) is 0 Å². The first kappa shape index (κ1) is 19.5. The third-order valence-corrected chi connectivity index (χ3v) is 5.93. The molecular formula is C22H22FN3O2S. The normalized spacial score (nSPS) is 19.3. The van der Waals surface area contributed by atoms with Crippen LogP contribution in [0.4, 0.5) is 15.8 Å². The van der Waals surface area contributed by atoms with Gasteiger partial charge in [-0.3, -0.25) is 4.79 Å².